The van der Waals surface area contributed by atoms with Crippen molar-refractivity contribution in [3.05, 3.63) is 53.6 Å². The molecule has 2 aromatic rings. The Labute approximate surface area is 222 Å². The van der Waals surface area contributed by atoms with Crippen LogP contribution in [-0.2, 0) is 5.41 Å². The van der Waals surface area contributed by atoms with E-state index in [4.69, 9.17) is 4.74 Å². The van der Waals surface area contributed by atoms with E-state index in [-0.39, 0.29) is 29.3 Å². The zero-order chi connectivity index (χ0) is 24.4. The number of nitrogens with zero attached hydrogens (tertiary/aromatic N) is 1. The average Bonchev–Trinajstić information content (AvgIpc) is 2.82. The molecule has 0 spiro atoms. The lowest BCUT2D eigenvalue weighted by molar-refractivity contribution is 0.162. The van der Waals surface area contributed by atoms with Gasteiger partial charge in [0.1, 0.15) is 17.2 Å². The Kier molecular flexibility index (Phi) is 12.6. The summed E-state index contributed by atoms with van der Waals surface area (Å²) in [7, 11) is 2.25. The van der Waals surface area contributed by atoms with Gasteiger partial charge < -0.3 is 19.8 Å². The van der Waals surface area contributed by atoms with Gasteiger partial charge in [0, 0.05) is 29.7 Å². The Bertz CT molecular complexity index is 879. The van der Waals surface area contributed by atoms with E-state index in [1.807, 2.05) is 18.2 Å². The molecule has 0 aromatic heterocycles. The lowest BCUT2D eigenvalue weighted by atomic mass is 9.66. The minimum Gasteiger partial charge on any atom is -0.508 e. The van der Waals surface area contributed by atoms with Gasteiger partial charge in [-0.1, -0.05) is 57.7 Å². The van der Waals surface area contributed by atoms with E-state index in [9.17, 15) is 10.2 Å². The molecule has 2 aromatic carbocycles. The van der Waals surface area contributed by atoms with E-state index < -0.39 is 0 Å². The molecule has 0 bridgehead atoms. The molecule has 0 saturated heterocycles. The van der Waals surface area contributed by atoms with Crippen LogP contribution in [0.2, 0.25) is 0 Å². The second kappa shape index (κ2) is 14.9. The highest BCUT2D eigenvalue weighted by molar-refractivity contribution is 7.99. The molecular weight excluding hydrogens is 478 g/mol. The van der Waals surface area contributed by atoms with Gasteiger partial charge in [0.15, 0.2) is 0 Å². The Morgan fingerprint density at radius 3 is 2.40 bits per heavy atom. The molecule has 35 heavy (non-hydrogen) atoms. The van der Waals surface area contributed by atoms with Crippen LogP contribution in [0, 0.1) is 0 Å². The second-order valence-electron chi connectivity index (χ2n) is 10.00. The van der Waals surface area contributed by atoms with Crippen molar-refractivity contribution in [1.82, 2.24) is 4.90 Å². The molecule has 0 amide bonds. The number of hydrogen-bond acceptors (Lipinski definition) is 5. The maximum atomic E-state index is 9.95. The van der Waals surface area contributed by atoms with Crippen LogP contribution in [0.25, 0.3) is 0 Å². The fourth-order valence-corrected chi connectivity index (χ4v) is 6.11. The molecule has 1 aliphatic rings. The molecule has 4 nitrogen and oxygen atoms in total. The number of ether oxygens (including phenoxy) is 1. The zero-order valence-electron chi connectivity index (χ0n) is 21.7. The Hall–Kier alpha value is -1.56. The molecule has 1 heterocycles. The van der Waals surface area contributed by atoms with Crippen molar-refractivity contribution in [2.75, 3.05) is 38.2 Å². The van der Waals surface area contributed by atoms with Crippen LogP contribution in [0.3, 0.4) is 0 Å². The standard InChI is InChI=1S/C29H43NO3S.ClH/c1-4-5-19-34-20-18-30(3)17-9-7-6-8-10-27-26-16-15-25(32)21-28(26)33-22-29(27,2)23-11-13-24(31)14-12-23;/h11-16,21,27,31-32H,4-10,17-20,22H2,1-3H3;1H/t27-,29-;/m1./s1. The average molecular weight is 522 g/mol. The highest BCUT2D eigenvalue weighted by atomic mass is 35.5. The van der Waals surface area contributed by atoms with E-state index >= 15 is 0 Å². The third kappa shape index (κ3) is 8.51. The number of benzene rings is 2. The number of hydrogen-bond donors (Lipinski definition) is 2. The molecule has 2 atom stereocenters. The van der Waals surface area contributed by atoms with Gasteiger partial charge >= 0.3 is 0 Å². The number of aromatic hydroxyl groups is 2. The van der Waals surface area contributed by atoms with Crippen molar-refractivity contribution >= 4 is 24.2 Å². The predicted molar refractivity (Wildman–Crippen MR) is 152 cm³/mol. The number of fused-ring (bicyclic) bond motifs is 1. The maximum absolute atomic E-state index is 9.95. The van der Waals surface area contributed by atoms with Crippen molar-refractivity contribution in [3.63, 3.8) is 0 Å². The van der Waals surface area contributed by atoms with Crippen LogP contribution in [0.4, 0.5) is 0 Å². The summed E-state index contributed by atoms with van der Waals surface area (Å²) in [6.07, 6.45) is 8.63. The van der Waals surface area contributed by atoms with Crippen molar-refractivity contribution in [1.29, 1.82) is 0 Å². The number of phenols is 2. The quantitative estimate of drug-likeness (QED) is 0.254. The van der Waals surface area contributed by atoms with E-state index in [0.29, 0.717) is 12.5 Å². The minimum atomic E-state index is -0.173. The summed E-state index contributed by atoms with van der Waals surface area (Å²) in [6, 6.07) is 13.1. The van der Waals surface area contributed by atoms with Crippen LogP contribution >= 0.6 is 24.2 Å². The van der Waals surface area contributed by atoms with Crippen molar-refractivity contribution in [3.8, 4) is 17.2 Å². The number of unbranched alkanes of at least 4 members (excludes halogenated alkanes) is 4. The minimum absolute atomic E-state index is 0. The highest BCUT2D eigenvalue weighted by Crippen LogP contribution is 2.49. The molecule has 1 aliphatic heterocycles. The van der Waals surface area contributed by atoms with Gasteiger partial charge in [-0.25, -0.2) is 0 Å². The monoisotopic (exact) mass is 521 g/mol. The molecule has 0 fully saturated rings. The predicted octanol–water partition coefficient (Wildman–Crippen LogP) is 7.37. The molecule has 2 N–H and O–H groups in total. The zero-order valence-corrected chi connectivity index (χ0v) is 23.3. The van der Waals surface area contributed by atoms with Gasteiger partial charge in [0.25, 0.3) is 0 Å². The first-order valence-corrected chi connectivity index (χ1v) is 14.1. The van der Waals surface area contributed by atoms with Crippen LogP contribution in [-0.4, -0.2) is 53.4 Å². The molecule has 0 radical (unpaired) electrons. The fraction of sp³-hybridized carbons (Fsp3) is 0.586. The first kappa shape index (κ1) is 29.7. The SMILES string of the molecule is CCCCSCCN(C)CCCCCC[C@@H]1c2ccc(O)cc2OC[C@]1(C)c1ccc(O)cc1.Cl. The van der Waals surface area contributed by atoms with Gasteiger partial charge in [0.05, 0.1) is 6.61 Å². The largest absolute Gasteiger partial charge is 0.508 e. The molecule has 0 aliphatic carbocycles. The topological polar surface area (TPSA) is 52.9 Å². The summed E-state index contributed by atoms with van der Waals surface area (Å²) in [5, 5.41) is 19.7. The summed E-state index contributed by atoms with van der Waals surface area (Å²) in [6.45, 7) is 7.46. The van der Waals surface area contributed by atoms with Gasteiger partial charge in [-0.05, 0) is 67.9 Å². The van der Waals surface area contributed by atoms with Crippen molar-refractivity contribution in [2.24, 2.45) is 0 Å². The Balaban J connectivity index is 0.00000432. The summed E-state index contributed by atoms with van der Waals surface area (Å²) in [5.41, 5.74) is 2.19. The van der Waals surface area contributed by atoms with E-state index in [2.05, 4.69) is 37.6 Å². The Morgan fingerprint density at radius 2 is 1.66 bits per heavy atom. The summed E-state index contributed by atoms with van der Waals surface area (Å²) in [4.78, 5) is 2.47. The molecule has 0 saturated carbocycles. The lowest BCUT2D eigenvalue weighted by Crippen LogP contribution is -2.40. The number of rotatable bonds is 14. The summed E-state index contributed by atoms with van der Waals surface area (Å²) in [5.74, 6) is 4.19. The van der Waals surface area contributed by atoms with Crippen molar-refractivity contribution < 1.29 is 14.9 Å². The highest BCUT2D eigenvalue weighted by Gasteiger charge is 2.42. The normalized spacial score (nSPS) is 19.1. The third-order valence-corrected chi connectivity index (χ3v) is 8.29. The van der Waals surface area contributed by atoms with E-state index in [1.165, 1.54) is 74.2 Å². The smallest absolute Gasteiger partial charge is 0.126 e. The molecule has 0 unspecified atom stereocenters. The third-order valence-electron chi connectivity index (χ3n) is 7.24. The van der Waals surface area contributed by atoms with Gasteiger partial charge in [0.2, 0.25) is 0 Å². The first-order chi connectivity index (χ1) is 16.4. The van der Waals surface area contributed by atoms with E-state index in [1.54, 1.807) is 24.3 Å². The van der Waals surface area contributed by atoms with Gasteiger partial charge in [-0.2, -0.15) is 11.8 Å². The van der Waals surface area contributed by atoms with Gasteiger partial charge in [-0.3, -0.25) is 0 Å². The summed E-state index contributed by atoms with van der Waals surface area (Å²) >= 11 is 2.08. The van der Waals surface area contributed by atoms with Gasteiger partial charge in [-0.15, -0.1) is 12.4 Å². The molecule has 196 valence electrons. The fourth-order valence-electron chi connectivity index (χ4n) is 4.97. The second-order valence-corrected chi connectivity index (χ2v) is 11.2. The van der Waals surface area contributed by atoms with Crippen LogP contribution in [0.1, 0.15) is 75.8 Å². The number of halogens is 1. The molecule has 6 heteroatoms. The number of phenolic OH excluding ortho intramolecular Hbond substituents is 2. The van der Waals surface area contributed by atoms with Crippen LogP contribution < -0.4 is 4.74 Å². The summed E-state index contributed by atoms with van der Waals surface area (Å²) < 4.78 is 6.13. The van der Waals surface area contributed by atoms with Crippen LogP contribution in [0.15, 0.2) is 42.5 Å². The molecule has 3 rings (SSSR count). The van der Waals surface area contributed by atoms with Crippen LogP contribution in [0.5, 0.6) is 17.2 Å². The van der Waals surface area contributed by atoms with Crippen molar-refractivity contribution in [2.45, 2.75) is 70.1 Å². The lowest BCUT2D eigenvalue weighted by Gasteiger charge is -2.43. The number of thioether (sulfide) groups is 1. The maximum Gasteiger partial charge on any atom is 0.126 e. The Morgan fingerprint density at radius 1 is 0.943 bits per heavy atom. The molecular formula is C29H44ClNO3S. The first-order valence-electron chi connectivity index (χ1n) is 13.0. The van der Waals surface area contributed by atoms with E-state index in [0.717, 1.165) is 12.2 Å².